The number of hydrogen-bond acceptors (Lipinski definition) is 4. The van der Waals surface area contributed by atoms with Gasteiger partial charge in [0.1, 0.15) is 0 Å². The van der Waals surface area contributed by atoms with Crippen LogP contribution in [0.15, 0.2) is 42.6 Å². The van der Waals surface area contributed by atoms with Gasteiger partial charge in [-0.25, -0.2) is 0 Å². The molecule has 1 atom stereocenters. The van der Waals surface area contributed by atoms with Gasteiger partial charge >= 0.3 is 0 Å². The lowest BCUT2D eigenvalue weighted by atomic mass is 10.0. The van der Waals surface area contributed by atoms with Crippen LogP contribution in [0.5, 0.6) is 11.5 Å². The van der Waals surface area contributed by atoms with E-state index in [1.165, 1.54) is 36.0 Å². The molecule has 0 saturated heterocycles. The van der Waals surface area contributed by atoms with E-state index in [-0.39, 0.29) is 0 Å². The average molecular weight is 362 g/mol. The predicted molar refractivity (Wildman–Crippen MR) is 110 cm³/mol. The molecule has 0 fully saturated rings. The molecule has 0 unspecified atom stereocenters. The van der Waals surface area contributed by atoms with E-state index < -0.39 is 0 Å². The number of hydrogen-bond donors (Lipinski definition) is 1. The molecule has 27 heavy (non-hydrogen) atoms. The van der Waals surface area contributed by atoms with Crippen LogP contribution in [-0.2, 0) is 19.3 Å². The average Bonchev–Trinajstić information content (AvgIpc) is 3.15. The smallest absolute Gasteiger partial charge is 0.162 e. The number of nitrogens with one attached hydrogen (secondary N) is 1. The Hall–Kier alpha value is -2.75. The normalized spacial score (nSPS) is 14.0. The van der Waals surface area contributed by atoms with Gasteiger partial charge in [-0.3, -0.25) is 4.98 Å². The van der Waals surface area contributed by atoms with E-state index in [2.05, 4.69) is 35.4 Å². The molecule has 1 aliphatic rings. The summed E-state index contributed by atoms with van der Waals surface area (Å²) in [6, 6.07) is 13.2. The first-order valence-electron chi connectivity index (χ1n) is 9.56. The van der Waals surface area contributed by atoms with Gasteiger partial charge in [0.2, 0.25) is 0 Å². The summed E-state index contributed by atoms with van der Waals surface area (Å²) in [6.45, 7) is 2.22. The minimum atomic E-state index is 0.308. The van der Waals surface area contributed by atoms with Crippen molar-refractivity contribution in [2.45, 2.75) is 38.6 Å². The molecule has 1 heterocycles. The molecule has 0 saturated carbocycles. The molecule has 0 bridgehead atoms. The van der Waals surface area contributed by atoms with Crippen molar-refractivity contribution in [3.8, 4) is 11.5 Å². The second kappa shape index (κ2) is 7.47. The maximum absolute atomic E-state index is 5.46. The first kappa shape index (κ1) is 17.7. The van der Waals surface area contributed by atoms with Crippen molar-refractivity contribution in [3.63, 3.8) is 0 Å². The number of fused-ring (bicyclic) bond motifs is 2. The summed E-state index contributed by atoms with van der Waals surface area (Å²) in [5.74, 6) is 1.41. The number of anilines is 1. The summed E-state index contributed by atoms with van der Waals surface area (Å²) in [7, 11) is 3.30. The van der Waals surface area contributed by atoms with Crippen LogP contribution < -0.4 is 14.8 Å². The second-order valence-electron chi connectivity index (χ2n) is 7.29. The standard InChI is InChI=1S/C23H26N2O2/c1-15(11-16-7-8-17-5-4-6-18(17)12-16)25-20-9-10-24-21-14-23(27-3)22(26-2)13-19(20)21/h7-10,12-15H,4-6,11H2,1-3H3,(H,24,25)/t15-/m1/s1. The molecule has 0 aliphatic heterocycles. The molecule has 140 valence electrons. The minimum absolute atomic E-state index is 0.308. The molecule has 0 radical (unpaired) electrons. The Labute approximate surface area is 160 Å². The van der Waals surface area contributed by atoms with Gasteiger partial charge in [-0.15, -0.1) is 0 Å². The highest BCUT2D eigenvalue weighted by atomic mass is 16.5. The van der Waals surface area contributed by atoms with Gasteiger partial charge in [-0.05, 0) is 61.4 Å². The monoisotopic (exact) mass is 362 g/mol. The van der Waals surface area contributed by atoms with Crippen LogP contribution in [0.4, 0.5) is 5.69 Å². The molecule has 3 aromatic rings. The zero-order chi connectivity index (χ0) is 18.8. The highest BCUT2D eigenvalue weighted by Crippen LogP contribution is 2.34. The van der Waals surface area contributed by atoms with E-state index in [1.807, 2.05) is 24.4 Å². The van der Waals surface area contributed by atoms with Gasteiger partial charge < -0.3 is 14.8 Å². The number of rotatable bonds is 6. The Morgan fingerprint density at radius 2 is 1.78 bits per heavy atom. The maximum atomic E-state index is 5.46. The van der Waals surface area contributed by atoms with Gasteiger partial charge in [-0.2, -0.15) is 0 Å². The van der Waals surface area contributed by atoms with Crippen molar-refractivity contribution in [1.29, 1.82) is 0 Å². The van der Waals surface area contributed by atoms with Crippen LogP contribution in [0.3, 0.4) is 0 Å². The van der Waals surface area contributed by atoms with E-state index >= 15 is 0 Å². The zero-order valence-electron chi connectivity index (χ0n) is 16.2. The molecule has 2 aromatic carbocycles. The number of pyridine rings is 1. The highest BCUT2D eigenvalue weighted by molar-refractivity contribution is 5.93. The third kappa shape index (κ3) is 3.57. The van der Waals surface area contributed by atoms with Crippen LogP contribution in [0, 0.1) is 0 Å². The number of methoxy groups -OCH3 is 2. The van der Waals surface area contributed by atoms with Crippen molar-refractivity contribution in [2.24, 2.45) is 0 Å². The summed E-state index contributed by atoms with van der Waals surface area (Å²) in [5.41, 5.74) is 6.41. The molecule has 4 rings (SSSR count). The van der Waals surface area contributed by atoms with E-state index in [9.17, 15) is 0 Å². The lowest BCUT2D eigenvalue weighted by Crippen LogP contribution is -2.18. The lowest BCUT2D eigenvalue weighted by Gasteiger charge is -2.18. The van der Waals surface area contributed by atoms with E-state index in [0.717, 1.165) is 23.0 Å². The Bertz CT molecular complexity index is 968. The van der Waals surface area contributed by atoms with Gasteiger partial charge in [0, 0.05) is 29.4 Å². The van der Waals surface area contributed by atoms with Crippen LogP contribution >= 0.6 is 0 Å². The fraction of sp³-hybridized carbons (Fsp3) is 0.348. The summed E-state index contributed by atoms with van der Waals surface area (Å²) >= 11 is 0. The number of aryl methyl sites for hydroxylation is 2. The summed E-state index contributed by atoms with van der Waals surface area (Å²) < 4.78 is 10.9. The topological polar surface area (TPSA) is 43.4 Å². The molecular formula is C23H26N2O2. The Morgan fingerprint density at radius 1 is 1.00 bits per heavy atom. The molecule has 1 N–H and O–H groups in total. The fourth-order valence-electron chi connectivity index (χ4n) is 4.02. The molecule has 1 aromatic heterocycles. The predicted octanol–water partition coefficient (Wildman–Crippen LogP) is 4.78. The van der Waals surface area contributed by atoms with Crippen LogP contribution in [-0.4, -0.2) is 25.2 Å². The van der Waals surface area contributed by atoms with Crippen LogP contribution in [0.25, 0.3) is 10.9 Å². The van der Waals surface area contributed by atoms with Gasteiger partial charge in [0.25, 0.3) is 0 Å². The summed E-state index contributed by atoms with van der Waals surface area (Å²) in [6.07, 6.45) is 6.57. The molecular weight excluding hydrogens is 336 g/mol. The van der Waals surface area contributed by atoms with Crippen molar-refractivity contribution in [1.82, 2.24) is 4.98 Å². The molecule has 0 amide bonds. The number of nitrogens with zero attached hydrogens (tertiary/aromatic N) is 1. The summed E-state index contributed by atoms with van der Waals surface area (Å²) in [5, 5.41) is 4.69. The quantitative estimate of drug-likeness (QED) is 0.685. The Morgan fingerprint density at radius 3 is 2.59 bits per heavy atom. The number of aromatic nitrogens is 1. The first-order chi connectivity index (χ1) is 13.2. The van der Waals surface area contributed by atoms with Crippen molar-refractivity contribution < 1.29 is 9.47 Å². The number of ether oxygens (including phenoxy) is 2. The van der Waals surface area contributed by atoms with E-state index in [0.29, 0.717) is 17.5 Å². The summed E-state index contributed by atoms with van der Waals surface area (Å²) in [4.78, 5) is 4.48. The van der Waals surface area contributed by atoms with Crippen molar-refractivity contribution in [3.05, 3.63) is 59.3 Å². The van der Waals surface area contributed by atoms with Crippen molar-refractivity contribution >= 4 is 16.6 Å². The largest absolute Gasteiger partial charge is 0.493 e. The third-order valence-electron chi connectivity index (χ3n) is 5.35. The highest BCUT2D eigenvalue weighted by Gasteiger charge is 2.14. The lowest BCUT2D eigenvalue weighted by molar-refractivity contribution is 0.356. The minimum Gasteiger partial charge on any atom is -0.493 e. The van der Waals surface area contributed by atoms with E-state index in [1.54, 1.807) is 14.2 Å². The zero-order valence-corrected chi connectivity index (χ0v) is 16.2. The van der Waals surface area contributed by atoms with Gasteiger partial charge in [0.15, 0.2) is 11.5 Å². The second-order valence-corrected chi connectivity index (χ2v) is 7.29. The van der Waals surface area contributed by atoms with Gasteiger partial charge in [-0.1, -0.05) is 18.2 Å². The first-order valence-corrected chi connectivity index (χ1v) is 9.56. The molecule has 4 heteroatoms. The Balaban J connectivity index is 1.57. The van der Waals surface area contributed by atoms with E-state index in [4.69, 9.17) is 9.47 Å². The maximum Gasteiger partial charge on any atom is 0.162 e. The fourth-order valence-corrected chi connectivity index (χ4v) is 4.02. The van der Waals surface area contributed by atoms with Crippen LogP contribution in [0.2, 0.25) is 0 Å². The molecule has 4 nitrogen and oxygen atoms in total. The molecule has 0 spiro atoms. The number of benzene rings is 2. The SMILES string of the molecule is COc1cc2nccc(N[C@H](C)Cc3ccc4c(c3)CCC4)c2cc1OC. The Kier molecular flexibility index (Phi) is 4.88. The third-order valence-corrected chi connectivity index (χ3v) is 5.35. The van der Waals surface area contributed by atoms with Gasteiger partial charge in [0.05, 0.1) is 19.7 Å². The van der Waals surface area contributed by atoms with Crippen LogP contribution in [0.1, 0.15) is 30.0 Å². The molecule has 1 aliphatic carbocycles. The van der Waals surface area contributed by atoms with Crippen molar-refractivity contribution in [2.75, 3.05) is 19.5 Å².